The van der Waals surface area contributed by atoms with E-state index in [-0.39, 0.29) is 18.4 Å². The van der Waals surface area contributed by atoms with Crippen molar-refractivity contribution in [2.45, 2.75) is 6.92 Å². The Balaban J connectivity index is 2.65. The number of halogens is 2. The Labute approximate surface area is 104 Å². The van der Waals surface area contributed by atoms with Crippen LogP contribution >= 0.6 is 23.2 Å². The normalized spacial score (nSPS) is 13.6. The minimum Gasteiger partial charge on any atom is -0.491 e. The number of nitrogens with two attached hydrogens (primary N) is 1. The van der Waals surface area contributed by atoms with Crippen LogP contribution in [-0.2, 0) is 0 Å². The quantitative estimate of drug-likeness (QED) is 0.380. The second-order valence-corrected chi connectivity index (χ2v) is 4.07. The van der Waals surface area contributed by atoms with Crippen LogP contribution in [0.2, 0.25) is 10.0 Å². The van der Waals surface area contributed by atoms with Crippen molar-refractivity contribution in [2.24, 2.45) is 16.8 Å². The van der Waals surface area contributed by atoms with Crippen molar-refractivity contribution in [2.75, 3.05) is 6.61 Å². The van der Waals surface area contributed by atoms with Gasteiger partial charge < -0.3 is 15.7 Å². The molecule has 1 rings (SSSR count). The summed E-state index contributed by atoms with van der Waals surface area (Å²) < 4.78 is 5.41. The summed E-state index contributed by atoms with van der Waals surface area (Å²) in [5.74, 6) is 0.380. The van der Waals surface area contributed by atoms with Gasteiger partial charge in [0, 0.05) is 0 Å². The van der Waals surface area contributed by atoms with Gasteiger partial charge in [0.15, 0.2) is 0 Å². The summed E-state index contributed by atoms with van der Waals surface area (Å²) in [5.41, 5.74) is 5.41. The lowest BCUT2D eigenvalue weighted by Crippen LogP contribution is -2.26. The largest absolute Gasteiger partial charge is 0.491 e. The third kappa shape index (κ3) is 3.18. The molecular weight excluding hydrogens is 251 g/mol. The number of hydrogen-bond acceptors (Lipinski definition) is 3. The van der Waals surface area contributed by atoms with Gasteiger partial charge in [0.25, 0.3) is 0 Å². The van der Waals surface area contributed by atoms with E-state index in [0.29, 0.717) is 15.8 Å². The molecular formula is C10H12Cl2N2O2. The third-order valence-corrected chi connectivity index (χ3v) is 2.83. The van der Waals surface area contributed by atoms with Gasteiger partial charge in [0.05, 0.1) is 17.5 Å². The van der Waals surface area contributed by atoms with E-state index >= 15 is 0 Å². The molecule has 0 heterocycles. The molecule has 0 saturated heterocycles. The number of hydrogen-bond donors (Lipinski definition) is 2. The van der Waals surface area contributed by atoms with E-state index in [1.807, 2.05) is 0 Å². The van der Waals surface area contributed by atoms with Crippen molar-refractivity contribution in [1.29, 1.82) is 0 Å². The highest BCUT2D eigenvalue weighted by Gasteiger charge is 2.11. The molecule has 1 aromatic rings. The predicted octanol–water partition coefficient (Wildman–Crippen LogP) is 2.75. The molecule has 0 fully saturated rings. The third-order valence-electron chi connectivity index (χ3n) is 2.03. The summed E-state index contributed by atoms with van der Waals surface area (Å²) in [7, 11) is 0. The van der Waals surface area contributed by atoms with Crippen molar-refractivity contribution in [3.05, 3.63) is 28.2 Å². The molecule has 1 unspecified atom stereocenters. The fourth-order valence-corrected chi connectivity index (χ4v) is 1.34. The number of nitrogens with zero attached hydrogens (tertiary/aromatic N) is 1. The number of benzene rings is 1. The molecule has 88 valence electrons. The molecule has 4 nitrogen and oxygen atoms in total. The van der Waals surface area contributed by atoms with Crippen LogP contribution in [-0.4, -0.2) is 17.6 Å². The highest BCUT2D eigenvalue weighted by molar-refractivity contribution is 6.42. The Morgan fingerprint density at radius 3 is 2.88 bits per heavy atom. The first kappa shape index (κ1) is 12.9. The summed E-state index contributed by atoms with van der Waals surface area (Å²) >= 11 is 11.7. The molecule has 0 radical (unpaired) electrons. The highest BCUT2D eigenvalue weighted by atomic mass is 35.5. The number of amidine groups is 1. The smallest absolute Gasteiger partial charge is 0.145 e. The topological polar surface area (TPSA) is 67.8 Å². The molecule has 0 spiro atoms. The summed E-state index contributed by atoms with van der Waals surface area (Å²) in [4.78, 5) is 0. The Kier molecular flexibility index (Phi) is 4.71. The van der Waals surface area contributed by atoms with Gasteiger partial charge in [-0.15, -0.1) is 0 Å². The zero-order valence-electron chi connectivity index (χ0n) is 8.65. The maximum Gasteiger partial charge on any atom is 0.145 e. The van der Waals surface area contributed by atoms with E-state index in [0.717, 1.165) is 0 Å². The molecule has 3 N–H and O–H groups in total. The maximum absolute atomic E-state index is 8.46. The van der Waals surface area contributed by atoms with Crippen molar-refractivity contribution in [3.63, 3.8) is 0 Å². The Morgan fingerprint density at radius 1 is 1.56 bits per heavy atom. The molecule has 0 aliphatic carbocycles. The van der Waals surface area contributed by atoms with Crippen molar-refractivity contribution < 1.29 is 9.94 Å². The minimum absolute atomic E-state index is 0.109. The van der Waals surface area contributed by atoms with Crippen LogP contribution in [0.3, 0.4) is 0 Å². The van der Waals surface area contributed by atoms with Gasteiger partial charge in [-0.25, -0.2) is 0 Å². The number of rotatable bonds is 4. The lowest BCUT2D eigenvalue weighted by atomic mass is 10.2. The summed E-state index contributed by atoms with van der Waals surface area (Å²) in [6.07, 6.45) is 0. The molecule has 0 aliphatic rings. The molecule has 6 heteroatoms. The van der Waals surface area contributed by atoms with Crippen LogP contribution in [0.15, 0.2) is 23.4 Å². The van der Waals surface area contributed by atoms with Crippen LogP contribution in [0.1, 0.15) is 6.92 Å². The van der Waals surface area contributed by atoms with Gasteiger partial charge in [-0.2, -0.15) is 0 Å². The summed E-state index contributed by atoms with van der Waals surface area (Å²) in [6, 6.07) is 5.11. The van der Waals surface area contributed by atoms with Crippen molar-refractivity contribution in [3.8, 4) is 5.75 Å². The van der Waals surface area contributed by atoms with Gasteiger partial charge in [-0.05, 0) is 12.1 Å². The Morgan fingerprint density at radius 2 is 2.25 bits per heavy atom. The average Bonchev–Trinajstić information content (AvgIpc) is 2.29. The Hall–Kier alpha value is -1.13. The molecule has 1 aromatic carbocycles. The van der Waals surface area contributed by atoms with Crippen LogP contribution in [0.5, 0.6) is 5.75 Å². The number of ether oxygens (including phenoxy) is 1. The van der Waals surface area contributed by atoms with E-state index in [1.54, 1.807) is 25.1 Å². The monoisotopic (exact) mass is 262 g/mol. The average molecular weight is 263 g/mol. The van der Waals surface area contributed by atoms with Gasteiger partial charge in [0.1, 0.15) is 16.6 Å². The van der Waals surface area contributed by atoms with Gasteiger partial charge in [-0.1, -0.05) is 41.3 Å². The van der Waals surface area contributed by atoms with E-state index in [1.165, 1.54) is 0 Å². The van der Waals surface area contributed by atoms with Crippen LogP contribution in [0.25, 0.3) is 0 Å². The fourth-order valence-electron chi connectivity index (χ4n) is 0.994. The second kappa shape index (κ2) is 5.82. The number of oxime groups is 1. The Bertz CT molecular complexity index is 396. The first-order valence-corrected chi connectivity index (χ1v) is 5.36. The molecule has 1 atom stereocenters. The summed E-state index contributed by atoms with van der Waals surface area (Å²) in [6.45, 7) is 2.03. The standard InChI is InChI=1S/C10H12Cl2N2O2/c1-6(10(13)14-15)5-16-8-4-2-3-7(11)9(8)12/h2-4,6,15H,5H2,1H3,(H2,13,14). The predicted molar refractivity (Wildman–Crippen MR) is 64.5 cm³/mol. The first-order valence-electron chi connectivity index (χ1n) is 4.60. The van der Waals surface area contributed by atoms with Crippen LogP contribution < -0.4 is 10.5 Å². The fraction of sp³-hybridized carbons (Fsp3) is 0.300. The van der Waals surface area contributed by atoms with Gasteiger partial charge in [0.2, 0.25) is 0 Å². The van der Waals surface area contributed by atoms with Crippen molar-refractivity contribution >= 4 is 29.0 Å². The summed E-state index contributed by atoms with van der Waals surface area (Å²) in [5, 5.41) is 12.1. The first-order chi connectivity index (χ1) is 7.56. The maximum atomic E-state index is 8.46. The van der Waals surface area contributed by atoms with E-state index in [2.05, 4.69) is 5.16 Å². The van der Waals surface area contributed by atoms with E-state index in [9.17, 15) is 0 Å². The molecule has 0 aliphatic heterocycles. The molecule has 16 heavy (non-hydrogen) atoms. The molecule has 0 aromatic heterocycles. The second-order valence-electron chi connectivity index (χ2n) is 3.29. The van der Waals surface area contributed by atoms with E-state index in [4.69, 9.17) is 38.9 Å². The van der Waals surface area contributed by atoms with Gasteiger partial charge in [-0.3, -0.25) is 0 Å². The molecule has 0 bridgehead atoms. The minimum atomic E-state index is -0.208. The van der Waals surface area contributed by atoms with Crippen LogP contribution in [0.4, 0.5) is 0 Å². The molecule has 0 amide bonds. The molecule has 0 saturated carbocycles. The highest BCUT2D eigenvalue weighted by Crippen LogP contribution is 2.31. The lowest BCUT2D eigenvalue weighted by Gasteiger charge is -2.12. The van der Waals surface area contributed by atoms with Gasteiger partial charge >= 0.3 is 0 Å². The SMILES string of the molecule is CC(COc1cccc(Cl)c1Cl)/C(N)=N/O. The zero-order chi connectivity index (χ0) is 12.1. The lowest BCUT2D eigenvalue weighted by molar-refractivity contribution is 0.279. The van der Waals surface area contributed by atoms with Crippen LogP contribution in [0, 0.1) is 5.92 Å². The zero-order valence-corrected chi connectivity index (χ0v) is 10.2. The van der Waals surface area contributed by atoms with Crippen molar-refractivity contribution in [1.82, 2.24) is 0 Å². The van der Waals surface area contributed by atoms with E-state index < -0.39 is 0 Å².